The second-order valence-corrected chi connectivity index (χ2v) is 7.80. The summed E-state index contributed by atoms with van der Waals surface area (Å²) in [6, 6.07) is 11.6. The number of nitrogens with one attached hydrogen (secondary N) is 2. The van der Waals surface area contributed by atoms with Gasteiger partial charge < -0.3 is 20.4 Å². The van der Waals surface area contributed by atoms with E-state index in [1.165, 1.54) is 38.0 Å². The predicted molar refractivity (Wildman–Crippen MR) is 131 cm³/mol. The third kappa shape index (κ3) is 7.43. The normalized spacial score (nSPS) is 19.9. The maximum Gasteiger partial charge on any atom is 0.191 e. The predicted octanol–water partition coefficient (Wildman–Crippen LogP) is 3.56. The molecule has 1 aromatic carbocycles. The fraction of sp³-hybridized carbons (Fsp3) is 0.682. The van der Waals surface area contributed by atoms with Crippen LogP contribution in [0.25, 0.3) is 0 Å². The first kappa shape index (κ1) is 23.3. The van der Waals surface area contributed by atoms with E-state index in [0.29, 0.717) is 0 Å². The van der Waals surface area contributed by atoms with Gasteiger partial charge in [0.1, 0.15) is 0 Å². The van der Waals surface area contributed by atoms with E-state index in [4.69, 9.17) is 4.99 Å². The van der Waals surface area contributed by atoms with Crippen LogP contribution in [0.4, 0.5) is 5.69 Å². The Bertz CT molecular complexity index is 576. The monoisotopic (exact) mass is 499 g/mol. The van der Waals surface area contributed by atoms with E-state index in [1.54, 1.807) is 0 Å². The molecular weight excluding hydrogens is 461 g/mol. The van der Waals surface area contributed by atoms with Gasteiger partial charge in [0.05, 0.1) is 0 Å². The number of hydrogen-bond acceptors (Lipinski definition) is 3. The molecule has 1 aromatic rings. The van der Waals surface area contributed by atoms with Gasteiger partial charge in [0, 0.05) is 51.0 Å². The SMILES string of the molecule is CCNC(=NCC1CCN(C2CC2)C1)NCCCN(CC)c1ccccc1.I. The van der Waals surface area contributed by atoms with Gasteiger partial charge in [-0.2, -0.15) is 0 Å². The van der Waals surface area contributed by atoms with Crippen LogP contribution in [-0.2, 0) is 0 Å². The number of para-hydroxylation sites is 1. The molecule has 1 unspecified atom stereocenters. The zero-order chi connectivity index (χ0) is 18.9. The van der Waals surface area contributed by atoms with E-state index < -0.39 is 0 Å². The highest BCUT2D eigenvalue weighted by Gasteiger charge is 2.34. The first-order chi connectivity index (χ1) is 13.3. The summed E-state index contributed by atoms with van der Waals surface area (Å²) in [4.78, 5) is 9.96. The fourth-order valence-corrected chi connectivity index (χ4v) is 3.93. The van der Waals surface area contributed by atoms with Crippen LogP contribution in [0.1, 0.15) is 39.5 Å². The van der Waals surface area contributed by atoms with E-state index in [2.05, 4.69) is 64.6 Å². The van der Waals surface area contributed by atoms with Gasteiger partial charge in [0.15, 0.2) is 5.96 Å². The minimum Gasteiger partial charge on any atom is -0.372 e. The molecule has 1 saturated heterocycles. The molecule has 0 aromatic heterocycles. The summed E-state index contributed by atoms with van der Waals surface area (Å²) < 4.78 is 0. The van der Waals surface area contributed by atoms with Crippen molar-refractivity contribution < 1.29 is 0 Å². The van der Waals surface area contributed by atoms with Crippen molar-refractivity contribution in [2.24, 2.45) is 10.9 Å². The molecule has 0 amide bonds. The third-order valence-corrected chi connectivity index (χ3v) is 5.63. The van der Waals surface area contributed by atoms with Crippen molar-refractivity contribution in [1.29, 1.82) is 0 Å². The lowest BCUT2D eigenvalue weighted by atomic mass is 10.1. The van der Waals surface area contributed by atoms with Crippen molar-refractivity contribution >= 4 is 35.6 Å². The second kappa shape index (κ2) is 12.5. The zero-order valence-corrected chi connectivity index (χ0v) is 19.9. The van der Waals surface area contributed by atoms with Crippen LogP contribution in [0.5, 0.6) is 0 Å². The molecule has 6 heteroatoms. The molecule has 28 heavy (non-hydrogen) atoms. The molecule has 3 rings (SSSR count). The standard InChI is InChI=1S/C22H37N5.HI/c1-3-23-22(25-17-19-13-16-27(18-19)21-11-12-21)24-14-8-15-26(4-2)20-9-6-5-7-10-20;/h5-7,9-10,19,21H,3-4,8,11-18H2,1-2H3,(H2,23,24,25);1H. The van der Waals surface area contributed by atoms with E-state index in [-0.39, 0.29) is 24.0 Å². The van der Waals surface area contributed by atoms with Crippen molar-refractivity contribution in [1.82, 2.24) is 15.5 Å². The van der Waals surface area contributed by atoms with Crippen molar-refractivity contribution in [3.8, 4) is 0 Å². The first-order valence-corrected chi connectivity index (χ1v) is 10.9. The topological polar surface area (TPSA) is 42.9 Å². The molecule has 1 aliphatic carbocycles. The Hall–Kier alpha value is -1.02. The van der Waals surface area contributed by atoms with Gasteiger partial charge in [0.25, 0.3) is 0 Å². The lowest BCUT2D eigenvalue weighted by Crippen LogP contribution is -2.39. The number of hydrogen-bond donors (Lipinski definition) is 2. The molecule has 1 saturated carbocycles. The van der Waals surface area contributed by atoms with Crippen LogP contribution >= 0.6 is 24.0 Å². The summed E-state index contributed by atoms with van der Waals surface area (Å²) in [6.45, 7) is 11.8. The van der Waals surface area contributed by atoms with Crippen molar-refractivity contribution in [2.45, 2.75) is 45.6 Å². The van der Waals surface area contributed by atoms with Crippen LogP contribution in [-0.4, -0.2) is 62.7 Å². The number of guanidine groups is 1. The summed E-state index contributed by atoms with van der Waals surface area (Å²) in [5.74, 6) is 1.71. The number of likely N-dealkylation sites (tertiary alicyclic amines) is 1. The Labute approximate surface area is 188 Å². The molecule has 2 fully saturated rings. The van der Waals surface area contributed by atoms with Gasteiger partial charge >= 0.3 is 0 Å². The fourth-order valence-electron chi connectivity index (χ4n) is 3.93. The Morgan fingerprint density at radius 3 is 2.61 bits per heavy atom. The summed E-state index contributed by atoms with van der Waals surface area (Å²) in [5.41, 5.74) is 1.31. The molecule has 0 radical (unpaired) electrons. The summed E-state index contributed by atoms with van der Waals surface area (Å²) >= 11 is 0. The lowest BCUT2D eigenvalue weighted by Gasteiger charge is -2.23. The highest BCUT2D eigenvalue weighted by atomic mass is 127. The number of anilines is 1. The van der Waals surface area contributed by atoms with Crippen LogP contribution in [0, 0.1) is 5.92 Å². The number of benzene rings is 1. The molecule has 5 nitrogen and oxygen atoms in total. The molecule has 2 aliphatic rings. The Morgan fingerprint density at radius 2 is 1.93 bits per heavy atom. The molecule has 1 heterocycles. The largest absolute Gasteiger partial charge is 0.372 e. The Balaban J connectivity index is 0.00000280. The van der Waals surface area contributed by atoms with Crippen LogP contribution in [0.2, 0.25) is 0 Å². The maximum atomic E-state index is 4.86. The lowest BCUT2D eigenvalue weighted by molar-refractivity contribution is 0.315. The van der Waals surface area contributed by atoms with E-state index in [1.807, 2.05) is 0 Å². The number of halogens is 1. The van der Waals surface area contributed by atoms with Crippen molar-refractivity contribution in [3.63, 3.8) is 0 Å². The van der Waals surface area contributed by atoms with Crippen LogP contribution in [0.3, 0.4) is 0 Å². The first-order valence-electron chi connectivity index (χ1n) is 10.9. The Kier molecular flexibility index (Phi) is 10.4. The summed E-state index contributed by atoms with van der Waals surface area (Å²) in [5, 5.41) is 6.92. The zero-order valence-electron chi connectivity index (χ0n) is 17.6. The van der Waals surface area contributed by atoms with E-state index in [9.17, 15) is 0 Å². The molecule has 0 bridgehead atoms. The quantitative estimate of drug-likeness (QED) is 0.224. The minimum atomic E-state index is 0. The highest BCUT2D eigenvalue weighted by Crippen LogP contribution is 2.31. The molecule has 1 aliphatic heterocycles. The average Bonchev–Trinajstić information content (AvgIpc) is 3.45. The number of aliphatic imine (C=N–C) groups is 1. The molecule has 0 spiro atoms. The van der Waals surface area contributed by atoms with Crippen LogP contribution < -0.4 is 15.5 Å². The summed E-state index contributed by atoms with van der Waals surface area (Å²) in [6.07, 6.45) is 5.24. The van der Waals surface area contributed by atoms with Crippen molar-refractivity contribution in [2.75, 3.05) is 50.7 Å². The maximum absolute atomic E-state index is 4.86. The molecular formula is C22H38IN5. The average molecular weight is 499 g/mol. The summed E-state index contributed by atoms with van der Waals surface area (Å²) in [7, 11) is 0. The van der Waals surface area contributed by atoms with Gasteiger partial charge in [-0.3, -0.25) is 4.99 Å². The Morgan fingerprint density at radius 1 is 1.14 bits per heavy atom. The van der Waals surface area contributed by atoms with Gasteiger partial charge in [-0.1, -0.05) is 18.2 Å². The van der Waals surface area contributed by atoms with Gasteiger partial charge in [-0.15, -0.1) is 24.0 Å². The van der Waals surface area contributed by atoms with Gasteiger partial charge in [-0.05, 0) is 64.1 Å². The molecule has 158 valence electrons. The van der Waals surface area contributed by atoms with E-state index >= 15 is 0 Å². The van der Waals surface area contributed by atoms with Gasteiger partial charge in [-0.25, -0.2) is 0 Å². The smallest absolute Gasteiger partial charge is 0.191 e. The van der Waals surface area contributed by atoms with Crippen LogP contribution in [0.15, 0.2) is 35.3 Å². The van der Waals surface area contributed by atoms with Crippen molar-refractivity contribution in [3.05, 3.63) is 30.3 Å². The molecule has 2 N–H and O–H groups in total. The second-order valence-electron chi connectivity index (χ2n) is 7.80. The highest BCUT2D eigenvalue weighted by molar-refractivity contribution is 14.0. The van der Waals surface area contributed by atoms with E-state index in [0.717, 1.165) is 57.1 Å². The number of rotatable bonds is 10. The minimum absolute atomic E-state index is 0. The third-order valence-electron chi connectivity index (χ3n) is 5.63. The number of nitrogens with zero attached hydrogens (tertiary/aromatic N) is 3. The van der Waals surface area contributed by atoms with Gasteiger partial charge in [0.2, 0.25) is 0 Å². The molecule has 1 atom stereocenters.